The van der Waals surface area contributed by atoms with Gasteiger partial charge >= 0.3 is 5.97 Å². The molecule has 0 aliphatic carbocycles. The second kappa shape index (κ2) is 7.80. The van der Waals surface area contributed by atoms with Crippen LogP contribution in [0.15, 0.2) is 17.5 Å². The number of nitrogens with two attached hydrogens (primary N) is 1. The third-order valence-electron chi connectivity index (χ3n) is 2.10. The Kier molecular flexibility index (Phi) is 6.37. The van der Waals surface area contributed by atoms with Crippen LogP contribution in [0.3, 0.4) is 0 Å². The molecule has 1 aromatic rings. The van der Waals surface area contributed by atoms with Crippen LogP contribution >= 0.6 is 23.1 Å². The Morgan fingerprint density at radius 3 is 2.74 bits per heavy atom. The van der Waals surface area contributed by atoms with Crippen molar-refractivity contribution in [2.75, 3.05) is 11.5 Å². The van der Waals surface area contributed by atoms with E-state index in [1.54, 1.807) is 17.5 Å². The quantitative estimate of drug-likeness (QED) is 0.609. The summed E-state index contributed by atoms with van der Waals surface area (Å²) in [6.45, 7) is 0. The fraction of sp³-hybridized carbons (Fsp3) is 0.364. The number of carbonyl (C=O) groups excluding carboxylic acids is 2. The zero-order chi connectivity index (χ0) is 14.3. The summed E-state index contributed by atoms with van der Waals surface area (Å²) in [7, 11) is 0. The van der Waals surface area contributed by atoms with Gasteiger partial charge in [-0.05, 0) is 11.4 Å². The highest BCUT2D eigenvalue weighted by Crippen LogP contribution is 2.19. The maximum Gasteiger partial charge on any atom is 0.331 e. The summed E-state index contributed by atoms with van der Waals surface area (Å²) in [6, 6.07) is 2.37. The second-order valence-electron chi connectivity index (χ2n) is 3.62. The van der Waals surface area contributed by atoms with Gasteiger partial charge in [-0.15, -0.1) is 11.3 Å². The van der Waals surface area contributed by atoms with Crippen molar-refractivity contribution in [3.8, 4) is 0 Å². The predicted molar refractivity (Wildman–Crippen MR) is 74.0 cm³/mol. The largest absolute Gasteiger partial charge is 0.479 e. The minimum absolute atomic E-state index is 0.146. The number of amides is 2. The standard InChI is InChI=1S/C11H14N2O4S2/c12-8(14)6-18-5-3-9(15)13-10(11(16)17)7-2-1-4-19-7/h1-2,4,10H,3,5-6H2,(H2,12,14)(H,13,15)(H,16,17). The lowest BCUT2D eigenvalue weighted by Gasteiger charge is -2.12. The second-order valence-corrected chi connectivity index (χ2v) is 5.71. The van der Waals surface area contributed by atoms with E-state index in [4.69, 9.17) is 10.8 Å². The number of aliphatic carboxylic acids is 1. The summed E-state index contributed by atoms with van der Waals surface area (Å²) in [5.74, 6) is -1.32. The fourth-order valence-corrected chi connectivity index (χ4v) is 2.72. The molecule has 2 amide bonds. The molecule has 19 heavy (non-hydrogen) atoms. The van der Waals surface area contributed by atoms with Crippen LogP contribution in [0.2, 0.25) is 0 Å². The molecular formula is C11H14N2O4S2. The topological polar surface area (TPSA) is 109 Å². The summed E-state index contributed by atoms with van der Waals surface area (Å²) >= 11 is 2.51. The first kappa shape index (κ1) is 15.5. The number of nitrogens with one attached hydrogen (secondary N) is 1. The monoisotopic (exact) mass is 302 g/mol. The Labute approximate surface area is 118 Å². The van der Waals surface area contributed by atoms with E-state index in [1.165, 1.54) is 23.1 Å². The van der Waals surface area contributed by atoms with Crippen LogP contribution in [-0.2, 0) is 14.4 Å². The predicted octanol–water partition coefficient (Wildman–Crippen LogP) is 0.599. The smallest absolute Gasteiger partial charge is 0.331 e. The summed E-state index contributed by atoms with van der Waals surface area (Å²) in [5.41, 5.74) is 4.96. The van der Waals surface area contributed by atoms with Crippen molar-refractivity contribution in [1.82, 2.24) is 5.32 Å². The van der Waals surface area contributed by atoms with Gasteiger partial charge in [0.2, 0.25) is 11.8 Å². The molecule has 0 bridgehead atoms. The molecule has 1 rings (SSSR count). The molecule has 8 heteroatoms. The first-order valence-electron chi connectivity index (χ1n) is 5.42. The summed E-state index contributed by atoms with van der Waals surface area (Å²) in [4.78, 5) is 33.7. The van der Waals surface area contributed by atoms with Crippen LogP contribution in [0.1, 0.15) is 17.3 Å². The van der Waals surface area contributed by atoms with Gasteiger partial charge in [-0.3, -0.25) is 9.59 Å². The molecule has 6 nitrogen and oxygen atoms in total. The number of hydrogen-bond donors (Lipinski definition) is 3. The fourth-order valence-electron chi connectivity index (χ4n) is 1.28. The molecule has 0 spiro atoms. The van der Waals surface area contributed by atoms with E-state index < -0.39 is 17.9 Å². The minimum Gasteiger partial charge on any atom is -0.479 e. The lowest BCUT2D eigenvalue weighted by Crippen LogP contribution is -2.33. The van der Waals surface area contributed by atoms with E-state index in [0.717, 1.165) is 0 Å². The number of rotatable bonds is 8. The molecule has 1 heterocycles. The molecular weight excluding hydrogens is 288 g/mol. The van der Waals surface area contributed by atoms with Gasteiger partial charge in [0.25, 0.3) is 0 Å². The maximum atomic E-state index is 11.6. The van der Waals surface area contributed by atoms with E-state index in [9.17, 15) is 14.4 Å². The molecule has 0 saturated heterocycles. The third kappa shape index (κ3) is 5.75. The number of thioether (sulfide) groups is 1. The molecule has 4 N–H and O–H groups in total. The maximum absolute atomic E-state index is 11.6. The Morgan fingerprint density at radius 1 is 1.47 bits per heavy atom. The molecule has 0 aromatic carbocycles. The van der Waals surface area contributed by atoms with Gasteiger partial charge in [0.1, 0.15) is 0 Å². The minimum atomic E-state index is -1.10. The highest BCUT2D eigenvalue weighted by Gasteiger charge is 2.22. The number of carboxylic acids is 1. The van der Waals surface area contributed by atoms with Crippen LogP contribution < -0.4 is 11.1 Å². The van der Waals surface area contributed by atoms with Crippen molar-refractivity contribution in [3.63, 3.8) is 0 Å². The molecule has 0 fully saturated rings. The van der Waals surface area contributed by atoms with E-state index in [2.05, 4.69) is 5.32 Å². The lowest BCUT2D eigenvalue weighted by molar-refractivity contribution is -0.141. The average molecular weight is 302 g/mol. The van der Waals surface area contributed by atoms with E-state index in [-0.39, 0.29) is 18.1 Å². The van der Waals surface area contributed by atoms with E-state index in [0.29, 0.717) is 10.6 Å². The zero-order valence-electron chi connectivity index (χ0n) is 10.00. The van der Waals surface area contributed by atoms with Crippen molar-refractivity contribution < 1.29 is 19.5 Å². The molecule has 1 atom stereocenters. The van der Waals surface area contributed by atoms with Crippen LogP contribution in [-0.4, -0.2) is 34.4 Å². The van der Waals surface area contributed by atoms with Gasteiger partial charge in [-0.1, -0.05) is 6.07 Å². The third-order valence-corrected chi connectivity index (χ3v) is 4.02. The number of carbonyl (C=O) groups is 3. The SMILES string of the molecule is NC(=O)CSCCC(=O)NC(C(=O)O)c1cccs1. The van der Waals surface area contributed by atoms with Crippen molar-refractivity contribution >= 4 is 40.9 Å². The Balaban J connectivity index is 2.40. The van der Waals surface area contributed by atoms with E-state index >= 15 is 0 Å². The van der Waals surface area contributed by atoms with E-state index in [1.807, 2.05) is 0 Å². The Morgan fingerprint density at radius 2 is 2.21 bits per heavy atom. The molecule has 1 unspecified atom stereocenters. The van der Waals surface area contributed by atoms with Crippen LogP contribution in [0.4, 0.5) is 0 Å². The van der Waals surface area contributed by atoms with Crippen molar-refractivity contribution in [1.29, 1.82) is 0 Å². The van der Waals surface area contributed by atoms with Gasteiger partial charge in [-0.25, -0.2) is 4.79 Å². The number of thiophene rings is 1. The first-order valence-corrected chi connectivity index (χ1v) is 7.45. The summed E-state index contributed by atoms with van der Waals surface area (Å²) in [5, 5.41) is 13.3. The molecule has 0 saturated carbocycles. The zero-order valence-corrected chi connectivity index (χ0v) is 11.6. The van der Waals surface area contributed by atoms with Crippen LogP contribution in [0.25, 0.3) is 0 Å². The lowest BCUT2D eigenvalue weighted by atomic mass is 10.2. The summed E-state index contributed by atoms with van der Waals surface area (Å²) in [6.07, 6.45) is 0.146. The Bertz CT molecular complexity index is 448. The highest BCUT2D eigenvalue weighted by atomic mass is 32.2. The molecule has 0 aliphatic rings. The van der Waals surface area contributed by atoms with Gasteiger partial charge in [0.05, 0.1) is 5.75 Å². The Hall–Kier alpha value is -1.54. The van der Waals surface area contributed by atoms with Gasteiger partial charge in [-0.2, -0.15) is 11.8 Å². The number of hydrogen-bond acceptors (Lipinski definition) is 5. The molecule has 1 aromatic heterocycles. The molecule has 0 aliphatic heterocycles. The highest BCUT2D eigenvalue weighted by molar-refractivity contribution is 7.99. The molecule has 0 radical (unpaired) electrons. The van der Waals surface area contributed by atoms with Gasteiger partial charge in [0.15, 0.2) is 6.04 Å². The normalized spacial score (nSPS) is 11.8. The van der Waals surface area contributed by atoms with Crippen molar-refractivity contribution in [3.05, 3.63) is 22.4 Å². The number of carboxylic acid groups (broad SMARTS) is 1. The summed E-state index contributed by atoms with van der Waals surface area (Å²) < 4.78 is 0. The van der Waals surface area contributed by atoms with Crippen LogP contribution in [0.5, 0.6) is 0 Å². The average Bonchev–Trinajstić information content (AvgIpc) is 2.84. The van der Waals surface area contributed by atoms with Gasteiger partial charge in [0, 0.05) is 17.1 Å². The molecule has 104 valence electrons. The number of primary amides is 1. The van der Waals surface area contributed by atoms with Crippen LogP contribution in [0, 0.1) is 0 Å². The van der Waals surface area contributed by atoms with Crippen molar-refractivity contribution in [2.45, 2.75) is 12.5 Å². The first-order chi connectivity index (χ1) is 9.00. The van der Waals surface area contributed by atoms with Gasteiger partial charge < -0.3 is 16.2 Å². The van der Waals surface area contributed by atoms with Crippen molar-refractivity contribution in [2.24, 2.45) is 5.73 Å².